The third-order valence-electron chi connectivity index (χ3n) is 4.32. The first-order valence-corrected chi connectivity index (χ1v) is 8.24. The summed E-state index contributed by atoms with van der Waals surface area (Å²) in [5.41, 5.74) is 3.13. The lowest BCUT2D eigenvalue weighted by atomic mass is 10.0. The molecule has 1 aliphatic rings. The van der Waals surface area contributed by atoms with Gasteiger partial charge in [0.25, 0.3) is 0 Å². The van der Waals surface area contributed by atoms with Crippen LogP contribution in [-0.4, -0.2) is 42.7 Å². The minimum Gasteiger partial charge on any atom is -0.379 e. The average molecular weight is 322 g/mol. The van der Waals surface area contributed by atoms with Crippen molar-refractivity contribution in [3.8, 4) is 6.07 Å². The molecule has 0 bridgehead atoms. The Morgan fingerprint density at radius 3 is 2.58 bits per heavy atom. The topological polar surface area (TPSA) is 61.2 Å². The Labute approximate surface area is 142 Å². The molecule has 0 amide bonds. The first-order valence-electron chi connectivity index (χ1n) is 8.24. The lowest BCUT2D eigenvalue weighted by Gasteiger charge is -2.35. The highest BCUT2D eigenvalue weighted by Crippen LogP contribution is 2.23. The van der Waals surface area contributed by atoms with Gasteiger partial charge in [0.1, 0.15) is 11.9 Å². The predicted octanol–water partition coefficient (Wildman–Crippen LogP) is 2.75. The van der Waals surface area contributed by atoms with E-state index in [2.05, 4.69) is 52.5 Å². The number of nitrogens with zero attached hydrogens (tertiary/aromatic N) is 3. The average Bonchev–Trinajstić information content (AvgIpc) is 2.65. The van der Waals surface area contributed by atoms with E-state index in [-0.39, 0.29) is 6.04 Å². The van der Waals surface area contributed by atoms with Crippen molar-refractivity contribution in [1.29, 1.82) is 5.26 Å². The summed E-state index contributed by atoms with van der Waals surface area (Å²) in [4.78, 5) is 6.75. The van der Waals surface area contributed by atoms with Crippen LogP contribution in [0.2, 0.25) is 0 Å². The van der Waals surface area contributed by atoms with Crippen molar-refractivity contribution in [3.05, 3.63) is 59.3 Å². The van der Waals surface area contributed by atoms with Crippen LogP contribution >= 0.6 is 0 Å². The van der Waals surface area contributed by atoms with Gasteiger partial charge in [0.15, 0.2) is 0 Å². The highest BCUT2D eigenvalue weighted by molar-refractivity contribution is 5.39. The third-order valence-corrected chi connectivity index (χ3v) is 4.32. The Kier molecular flexibility index (Phi) is 5.42. The fourth-order valence-electron chi connectivity index (χ4n) is 2.90. The van der Waals surface area contributed by atoms with Crippen molar-refractivity contribution in [2.45, 2.75) is 13.0 Å². The number of morpholine rings is 1. The Hall–Kier alpha value is -2.42. The number of ether oxygens (including phenoxy) is 1. The van der Waals surface area contributed by atoms with E-state index in [1.165, 1.54) is 11.1 Å². The maximum atomic E-state index is 8.86. The van der Waals surface area contributed by atoms with E-state index >= 15 is 0 Å². The number of hydrogen-bond donors (Lipinski definition) is 1. The van der Waals surface area contributed by atoms with Crippen LogP contribution in [-0.2, 0) is 4.74 Å². The molecule has 1 atom stereocenters. The zero-order chi connectivity index (χ0) is 16.8. The second kappa shape index (κ2) is 7.91. The summed E-state index contributed by atoms with van der Waals surface area (Å²) in [5.74, 6) is 0.791. The second-order valence-electron chi connectivity index (χ2n) is 6.00. The molecule has 1 fully saturated rings. The van der Waals surface area contributed by atoms with E-state index in [1.54, 1.807) is 12.3 Å². The third kappa shape index (κ3) is 4.10. The van der Waals surface area contributed by atoms with Gasteiger partial charge in [-0.1, -0.05) is 29.8 Å². The van der Waals surface area contributed by atoms with E-state index in [0.29, 0.717) is 5.56 Å². The standard InChI is InChI=1S/C19H22N4O/c1-15-2-5-17(6-3-15)18(23-8-10-24-11-9-23)14-22-19-7-4-16(12-20)13-21-19/h2-7,13,18H,8-11,14H2,1H3,(H,21,22). The Morgan fingerprint density at radius 2 is 1.96 bits per heavy atom. The van der Waals surface area contributed by atoms with Gasteiger partial charge in [-0.25, -0.2) is 4.98 Å². The number of rotatable bonds is 5. The number of benzene rings is 1. The molecule has 0 saturated carbocycles. The number of hydrogen-bond acceptors (Lipinski definition) is 5. The van der Waals surface area contributed by atoms with Gasteiger partial charge in [-0.2, -0.15) is 5.26 Å². The molecular formula is C19H22N4O. The van der Waals surface area contributed by atoms with Crippen LogP contribution in [0.3, 0.4) is 0 Å². The molecule has 124 valence electrons. The molecule has 1 N–H and O–H groups in total. The first-order chi connectivity index (χ1) is 11.8. The van der Waals surface area contributed by atoms with Gasteiger partial charge >= 0.3 is 0 Å². The van der Waals surface area contributed by atoms with Gasteiger partial charge in [-0.3, -0.25) is 4.90 Å². The van der Waals surface area contributed by atoms with Gasteiger partial charge in [0, 0.05) is 25.8 Å². The monoisotopic (exact) mass is 322 g/mol. The van der Waals surface area contributed by atoms with Gasteiger partial charge in [0.05, 0.1) is 24.8 Å². The number of anilines is 1. The molecule has 3 rings (SSSR count). The Balaban J connectivity index is 1.73. The molecule has 1 aromatic carbocycles. The van der Waals surface area contributed by atoms with E-state index < -0.39 is 0 Å². The molecule has 0 radical (unpaired) electrons. The number of aryl methyl sites for hydroxylation is 1. The van der Waals surface area contributed by atoms with Crippen LogP contribution in [0.4, 0.5) is 5.82 Å². The van der Waals surface area contributed by atoms with Gasteiger partial charge in [-0.15, -0.1) is 0 Å². The second-order valence-corrected chi connectivity index (χ2v) is 6.00. The molecule has 2 heterocycles. The van der Waals surface area contributed by atoms with Crippen molar-refractivity contribution >= 4 is 5.82 Å². The molecule has 1 saturated heterocycles. The Morgan fingerprint density at radius 1 is 1.21 bits per heavy atom. The zero-order valence-electron chi connectivity index (χ0n) is 13.9. The SMILES string of the molecule is Cc1ccc(C(CNc2ccc(C#N)cn2)N2CCOCC2)cc1. The summed E-state index contributed by atoms with van der Waals surface area (Å²) < 4.78 is 5.49. The summed E-state index contributed by atoms with van der Waals surface area (Å²) in [5, 5.41) is 12.3. The van der Waals surface area contributed by atoms with Crippen LogP contribution in [0.5, 0.6) is 0 Å². The van der Waals surface area contributed by atoms with Crippen LogP contribution < -0.4 is 5.32 Å². The molecule has 5 nitrogen and oxygen atoms in total. The maximum absolute atomic E-state index is 8.86. The summed E-state index contributed by atoms with van der Waals surface area (Å²) in [7, 11) is 0. The van der Waals surface area contributed by atoms with Crippen molar-refractivity contribution in [1.82, 2.24) is 9.88 Å². The fourth-order valence-corrected chi connectivity index (χ4v) is 2.90. The fraction of sp³-hybridized carbons (Fsp3) is 0.368. The van der Waals surface area contributed by atoms with Crippen LogP contribution in [0.25, 0.3) is 0 Å². The summed E-state index contributed by atoms with van der Waals surface area (Å²) >= 11 is 0. The van der Waals surface area contributed by atoms with Gasteiger partial charge in [0.2, 0.25) is 0 Å². The number of pyridine rings is 1. The van der Waals surface area contributed by atoms with E-state index in [9.17, 15) is 0 Å². The zero-order valence-corrected chi connectivity index (χ0v) is 13.9. The Bertz CT molecular complexity index is 685. The van der Waals surface area contributed by atoms with Crippen LogP contribution in [0.15, 0.2) is 42.6 Å². The van der Waals surface area contributed by atoms with Crippen LogP contribution in [0.1, 0.15) is 22.7 Å². The molecule has 5 heteroatoms. The molecular weight excluding hydrogens is 300 g/mol. The smallest absolute Gasteiger partial charge is 0.126 e. The summed E-state index contributed by atoms with van der Waals surface area (Å²) in [6.07, 6.45) is 1.60. The maximum Gasteiger partial charge on any atom is 0.126 e. The lowest BCUT2D eigenvalue weighted by Crippen LogP contribution is -2.41. The van der Waals surface area contributed by atoms with Crippen molar-refractivity contribution in [2.24, 2.45) is 0 Å². The number of nitrogens with one attached hydrogen (secondary N) is 1. The summed E-state index contributed by atoms with van der Waals surface area (Å²) in [6, 6.07) is 14.7. The highest BCUT2D eigenvalue weighted by atomic mass is 16.5. The largest absolute Gasteiger partial charge is 0.379 e. The number of nitriles is 1. The molecule has 2 aromatic rings. The molecule has 0 aliphatic carbocycles. The van der Waals surface area contributed by atoms with Crippen molar-refractivity contribution in [2.75, 3.05) is 38.2 Å². The van der Waals surface area contributed by atoms with Crippen LogP contribution in [0, 0.1) is 18.3 Å². The lowest BCUT2D eigenvalue weighted by molar-refractivity contribution is 0.0187. The molecule has 1 unspecified atom stereocenters. The minimum absolute atomic E-state index is 0.270. The summed E-state index contributed by atoms with van der Waals surface area (Å²) in [6.45, 7) is 6.28. The van der Waals surface area contributed by atoms with Crippen molar-refractivity contribution < 1.29 is 4.74 Å². The van der Waals surface area contributed by atoms with Gasteiger partial charge < -0.3 is 10.1 Å². The predicted molar refractivity (Wildman–Crippen MR) is 93.8 cm³/mol. The molecule has 1 aliphatic heterocycles. The van der Waals surface area contributed by atoms with E-state index in [4.69, 9.17) is 10.00 Å². The van der Waals surface area contributed by atoms with E-state index in [1.807, 2.05) is 6.07 Å². The molecule has 1 aromatic heterocycles. The molecule has 0 spiro atoms. The normalized spacial score (nSPS) is 16.3. The van der Waals surface area contributed by atoms with Gasteiger partial charge in [-0.05, 0) is 24.6 Å². The molecule has 24 heavy (non-hydrogen) atoms. The quantitative estimate of drug-likeness (QED) is 0.917. The minimum atomic E-state index is 0.270. The number of aromatic nitrogens is 1. The highest BCUT2D eigenvalue weighted by Gasteiger charge is 2.22. The van der Waals surface area contributed by atoms with E-state index in [0.717, 1.165) is 38.7 Å². The first kappa shape index (κ1) is 16.4. The van der Waals surface area contributed by atoms with Crippen molar-refractivity contribution in [3.63, 3.8) is 0 Å².